The fraction of sp³-hybridized carbons (Fsp3) is 0.150. The molecule has 0 fully saturated rings. The normalized spacial score (nSPS) is 10.6. The van der Waals surface area contributed by atoms with Crippen molar-refractivity contribution in [1.82, 2.24) is 5.32 Å². The predicted octanol–water partition coefficient (Wildman–Crippen LogP) is 3.65. The van der Waals surface area contributed by atoms with Crippen molar-refractivity contribution >= 4 is 29.2 Å². The third-order valence-corrected chi connectivity index (χ3v) is 3.78. The minimum absolute atomic E-state index is 0.123. The molecule has 0 aliphatic rings. The van der Waals surface area contributed by atoms with Crippen LogP contribution in [-0.2, 0) is 16.1 Å². The van der Waals surface area contributed by atoms with Gasteiger partial charge >= 0.3 is 5.97 Å². The number of anilines is 1. The molecular formula is C20H18ClN3O3. The lowest BCUT2D eigenvalue weighted by Gasteiger charge is -2.09. The molecule has 0 spiro atoms. The maximum atomic E-state index is 12.2. The van der Waals surface area contributed by atoms with Gasteiger partial charge < -0.3 is 15.4 Å². The minimum atomic E-state index is -0.534. The van der Waals surface area contributed by atoms with Crippen molar-refractivity contribution in [2.45, 2.75) is 13.5 Å². The third kappa shape index (κ3) is 5.87. The molecule has 1 amide bonds. The number of nitriles is 1. The molecule has 0 saturated carbocycles. The molecule has 2 aromatic carbocycles. The second-order valence-corrected chi connectivity index (χ2v) is 5.83. The van der Waals surface area contributed by atoms with Crippen LogP contribution in [0.1, 0.15) is 22.8 Å². The number of hydrogen-bond donors (Lipinski definition) is 2. The molecule has 0 aromatic heterocycles. The van der Waals surface area contributed by atoms with Crippen LogP contribution in [0.15, 0.2) is 60.3 Å². The molecule has 0 atom stereocenters. The van der Waals surface area contributed by atoms with Crippen LogP contribution in [0.3, 0.4) is 0 Å². The van der Waals surface area contributed by atoms with Crippen LogP contribution in [0, 0.1) is 11.3 Å². The SMILES string of the molecule is CCOC(=O)c1ccccc1N/C=C(/C#N)C(=O)NCc1ccc(Cl)cc1. The quantitative estimate of drug-likeness (QED) is 0.432. The summed E-state index contributed by atoms with van der Waals surface area (Å²) in [5.74, 6) is -1.02. The first-order valence-electron chi connectivity index (χ1n) is 8.20. The highest BCUT2D eigenvalue weighted by atomic mass is 35.5. The lowest BCUT2D eigenvalue weighted by atomic mass is 10.1. The molecule has 27 heavy (non-hydrogen) atoms. The van der Waals surface area contributed by atoms with Crippen LogP contribution in [0.2, 0.25) is 5.02 Å². The van der Waals surface area contributed by atoms with E-state index in [1.165, 1.54) is 6.20 Å². The van der Waals surface area contributed by atoms with Crippen molar-refractivity contribution < 1.29 is 14.3 Å². The van der Waals surface area contributed by atoms with Crippen molar-refractivity contribution in [1.29, 1.82) is 5.26 Å². The van der Waals surface area contributed by atoms with Crippen LogP contribution in [0.25, 0.3) is 0 Å². The first kappa shape index (κ1) is 20.0. The molecule has 0 radical (unpaired) electrons. The molecule has 138 valence electrons. The minimum Gasteiger partial charge on any atom is -0.462 e. The van der Waals surface area contributed by atoms with Gasteiger partial charge in [0.05, 0.1) is 17.9 Å². The molecule has 7 heteroatoms. The Bertz CT molecular complexity index is 886. The van der Waals surface area contributed by atoms with E-state index in [1.54, 1.807) is 55.5 Å². The number of carbonyl (C=O) groups is 2. The standard InChI is InChI=1S/C20H18ClN3O3/c1-2-27-20(26)17-5-3-4-6-18(17)23-13-15(11-22)19(25)24-12-14-7-9-16(21)10-8-14/h3-10,13,23H,2,12H2,1H3,(H,24,25)/b15-13-. The molecule has 0 aliphatic carbocycles. The van der Waals surface area contributed by atoms with Gasteiger partial charge in [-0.2, -0.15) is 5.26 Å². The van der Waals surface area contributed by atoms with E-state index in [4.69, 9.17) is 16.3 Å². The van der Waals surface area contributed by atoms with Gasteiger partial charge in [0.2, 0.25) is 0 Å². The van der Waals surface area contributed by atoms with E-state index in [1.807, 2.05) is 6.07 Å². The van der Waals surface area contributed by atoms with Gasteiger partial charge in [-0.25, -0.2) is 4.79 Å². The van der Waals surface area contributed by atoms with Gasteiger partial charge in [0.1, 0.15) is 11.6 Å². The largest absolute Gasteiger partial charge is 0.462 e. The van der Waals surface area contributed by atoms with Crippen LogP contribution in [0.4, 0.5) is 5.69 Å². The Morgan fingerprint density at radius 3 is 2.56 bits per heavy atom. The molecule has 2 N–H and O–H groups in total. The number of para-hydroxylation sites is 1. The summed E-state index contributed by atoms with van der Waals surface area (Å²) in [5, 5.41) is 15.3. The van der Waals surface area contributed by atoms with Crippen LogP contribution >= 0.6 is 11.6 Å². The van der Waals surface area contributed by atoms with Gasteiger partial charge in [0.15, 0.2) is 0 Å². The van der Waals surface area contributed by atoms with E-state index in [0.29, 0.717) is 16.3 Å². The zero-order valence-electron chi connectivity index (χ0n) is 14.7. The highest BCUT2D eigenvalue weighted by Crippen LogP contribution is 2.17. The average Bonchev–Trinajstić information content (AvgIpc) is 2.68. The van der Waals surface area contributed by atoms with Crippen LogP contribution in [0.5, 0.6) is 0 Å². The van der Waals surface area contributed by atoms with Gasteiger partial charge in [0, 0.05) is 17.8 Å². The molecule has 0 heterocycles. The van der Waals surface area contributed by atoms with Crippen molar-refractivity contribution in [3.8, 4) is 6.07 Å². The molecule has 0 aliphatic heterocycles. The van der Waals surface area contributed by atoms with Crippen molar-refractivity contribution in [3.05, 3.63) is 76.5 Å². The van der Waals surface area contributed by atoms with E-state index >= 15 is 0 Å². The number of hydrogen-bond acceptors (Lipinski definition) is 5. The Hall–Kier alpha value is -3.30. The fourth-order valence-electron chi connectivity index (χ4n) is 2.17. The zero-order valence-corrected chi connectivity index (χ0v) is 15.4. The molecule has 2 rings (SSSR count). The molecular weight excluding hydrogens is 366 g/mol. The summed E-state index contributed by atoms with van der Waals surface area (Å²) in [7, 11) is 0. The van der Waals surface area contributed by atoms with Gasteiger partial charge in [-0.05, 0) is 36.8 Å². The van der Waals surface area contributed by atoms with Crippen molar-refractivity contribution in [2.75, 3.05) is 11.9 Å². The predicted molar refractivity (Wildman–Crippen MR) is 103 cm³/mol. The van der Waals surface area contributed by atoms with Gasteiger partial charge in [-0.3, -0.25) is 4.79 Å². The molecule has 6 nitrogen and oxygen atoms in total. The number of carbonyl (C=O) groups excluding carboxylic acids is 2. The van der Waals surface area contributed by atoms with E-state index in [0.717, 1.165) is 5.56 Å². The molecule has 2 aromatic rings. The first-order valence-corrected chi connectivity index (χ1v) is 8.58. The van der Waals surface area contributed by atoms with E-state index in [-0.39, 0.29) is 18.7 Å². The van der Waals surface area contributed by atoms with Gasteiger partial charge in [0.25, 0.3) is 5.91 Å². The van der Waals surface area contributed by atoms with E-state index < -0.39 is 11.9 Å². The Morgan fingerprint density at radius 2 is 1.89 bits per heavy atom. The Kier molecular flexibility index (Phi) is 7.41. The second-order valence-electron chi connectivity index (χ2n) is 5.39. The summed E-state index contributed by atoms with van der Waals surface area (Å²) in [6.45, 7) is 2.22. The number of nitrogens with one attached hydrogen (secondary N) is 2. The second kappa shape index (κ2) is 10.00. The molecule has 0 saturated heterocycles. The summed E-state index contributed by atoms with van der Waals surface area (Å²) in [6, 6.07) is 15.5. The van der Waals surface area contributed by atoms with Crippen molar-refractivity contribution in [2.24, 2.45) is 0 Å². The number of benzene rings is 2. The highest BCUT2D eigenvalue weighted by molar-refractivity contribution is 6.30. The monoisotopic (exact) mass is 383 g/mol. The van der Waals surface area contributed by atoms with E-state index in [2.05, 4.69) is 10.6 Å². The Morgan fingerprint density at radius 1 is 1.19 bits per heavy atom. The number of amides is 1. The number of esters is 1. The summed E-state index contributed by atoms with van der Waals surface area (Å²) < 4.78 is 4.99. The number of rotatable bonds is 7. The highest BCUT2D eigenvalue weighted by Gasteiger charge is 2.13. The van der Waals surface area contributed by atoms with E-state index in [9.17, 15) is 14.9 Å². The Balaban J connectivity index is 2.06. The van der Waals surface area contributed by atoms with Crippen LogP contribution < -0.4 is 10.6 Å². The maximum absolute atomic E-state index is 12.2. The average molecular weight is 384 g/mol. The first-order chi connectivity index (χ1) is 13.0. The maximum Gasteiger partial charge on any atom is 0.340 e. The summed E-state index contributed by atoms with van der Waals surface area (Å²) in [4.78, 5) is 24.2. The van der Waals surface area contributed by atoms with Gasteiger partial charge in [-0.1, -0.05) is 35.9 Å². The Labute approximate surface area is 162 Å². The summed E-state index contributed by atoms with van der Waals surface area (Å²) in [5.41, 5.74) is 1.48. The third-order valence-electron chi connectivity index (χ3n) is 3.53. The zero-order chi connectivity index (χ0) is 19.6. The van der Waals surface area contributed by atoms with Crippen molar-refractivity contribution in [3.63, 3.8) is 0 Å². The smallest absolute Gasteiger partial charge is 0.340 e. The fourth-order valence-corrected chi connectivity index (χ4v) is 2.30. The number of ether oxygens (including phenoxy) is 1. The number of halogens is 1. The lowest BCUT2D eigenvalue weighted by Crippen LogP contribution is -2.24. The molecule has 0 bridgehead atoms. The summed E-state index contributed by atoms with van der Waals surface area (Å²) in [6.07, 6.45) is 1.26. The topological polar surface area (TPSA) is 91.2 Å². The number of nitrogens with zero attached hydrogens (tertiary/aromatic N) is 1. The van der Waals surface area contributed by atoms with Crippen LogP contribution in [-0.4, -0.2) is 18.5 Å². The lowest BCUT2D eigenvalue weighted by molar-refractivity contribution is -0.117. The molecule has 0 unspecified atom stereocenters. The van der Waals surface area contributed by atoms with Gasteiger partial charge in [-0.15, -0.1) is 0 Å². The summed E-state index contributed by atoms with van der Waals surface area (Å²) >= 11 is 5.82.